The average molecular weight is 625 g/mol. The maximum Gasteiger partial charge on any atom is 0.343 e. The molecule has 1 aromatic heterocycles. The van der Waals surface area contributed by atoms with Crippen molar-refractivity contribution in [3.8, 4) is 28.4 Å². The Balaban J connectivity index is 1.26. The van der Waals surface area contributed by atoms with Gasteiger partial charge in [-0.1, -0.05) is 46.3 Å². The van der Waals surface area contributed by atoms with Crippen molar-refractivity contribution in [3.63, 3.8) is 0 Å². The Bertz CT molecular complexity index is 1850. The standard InChI is InChI=1S/C32H25BrN4O5/c1-37(2)23-10-11-25-24(16-23)29(19-6-4-3-5-7-19)30(35-25)31(38)36-34-17-21-14-22(33)9-13-26(21)42-32(39)20-8-12-27-28(15-20)41-18-40-27/h3-17,35H,18H2,1-2H3,(H,36,38). The van der Waals surface area contributed by atoms with Crippen LogP contribution in [0, 0.1) is 0 Å². The first kappa shape index (κ1) is 27.1. The van der Waals surface area contributed by atoms with Crippen molar-refractivity contribution in [2.24, 2.45) is 5.10 Å². The maximum absolute atomic E-state index is 13.4. The minimum atomic E-state index is -0.572. The van der Waals surface area contributed by atoms with Gasteiger partial charge in [0.1, 0.15) is 11.4 Å². The maximum atomic E-state index is 13.4. The number of carbonyl (C=O) groups is 2. The molecule has 0 atom stereocenters. The highest BCUT2D eigenvalue weighted by molar-refractivity contribution is 9.10. The van der Waals surface area contributed by atoms with Crippen LogP contribution in [0.4, 0.5) is 5.69 Å². The van der Waals surface area contributed by atoms with Gasteiger partial charge < -0.3 is 24.1 Å². The summed E-state index contributed by atoms with van der Waals surface area (Å²) in [6, 6.07) is 25.7. The normalized spacial score (nSPS) is 12.1. The number of nitrogens with zero attached hydrogens (tertiary/aromatic N) is 2. The van der Waals surface area contributed by atoms with E-state index in [1.165, 1.54) is 6.21 Å². The monoisotopic (exact) mass is 624 g/mol. The van der Waals surface area contributed by atoms with Crippen LogP contribution in [0.3, 0.4) is 0 Å². The number of esters is 1. The number of amides is 1. The Morgan fingerprint density at radius 1 is 0.976 bits per heavy atom. The van der Waals surface area contributed by atoms with Crippen LogP contribution >= 0.6 is 15.9 Å². The molecule has 0 spiro atoms. The Kier molecular flexibility index (Phi) is 7.37. The molecule has 0 saturated heterocycles. The molecule has 42 heavy (non-hydrogen) atoms. The molecule has 0 aliphatic carbocycles. The number of anilines is 1. The topological polar surface area (TPSA) is 105 Å². The number of benzene rings is 4. The van der Waals surface area contributed by atoms with Gasteiger partial charge in [-0.15, -0.1) is 0 Å². The van der Waals surface area contributed by atoms with Gasteiger partial charge in [-0.05, 0) is 60.2 Å². The van der Waals surface area contributed by atoms with Gasteiger partial charge in [0.25, 0.3) is 5.91 Å². The second-order valence-corrected chi connectivity index (χ2v) is 10.6. The molecule has 2 N–H and O–H groups in total. The van der Waals surface area contributed by atoms with Gasteiger partial charge >= 0.3 is 5.97 Å². The average Bonchev–Trinajstić information content (AvgIpc) is 3.63. The summed E-state index contributed by atoms with van der Waals surface area (Å²) < 4.78 is 17.1. The summed E-state index contributed by atoms with van der Waals surface area (Å²) in [7, 11) is 3.95. The number of ether oxygens (including phenoxy) is 3. The second-order valence-electron chi connectivity index (χ2n) is 9.70. The van der Waals surface area contributed by atoms with Crippen LogP contribution in [-0.2, 0) is 0 Å². The molecule has 1 amide bonds. The number of halogens is 1. The van der Waals surface area contributed by atoms with Crippen molar-refractivity contribution in [1.29, 1.82) is 0 Å². The molecule has 4 aromatic carbocycles. The van der Waals surface area contributed by atoms with Crippen molar-refractivity contribution in [1.82, 2.24) is 10.4 Å². The van der Waals surface area contributed by atoms with Crippen LogP contribution in [0.15, 0.2) is 94.5 Å². The quantitative estimate of drug-likeness (QED) is 0.0943. The Hall–Kier alpha value is -5.09. The molecule has 0 radical (unpaired) electrons. The smallest absolute Gasteiger partial charge is 0.343 e. The Morgan fingerprint density at radius 3 is 2.60 bits per heavy atom. The van der Waals surface area contributed by atoms with Crippen molar-refractivity contribution in [2.75, 3.05) is 25.8 Å². The predicted octanol–water partition coefficient (Wildman–Crippen LogP) is 6.38. The largest absolute Gasteiger partial charge is 0.454 e. The number of hydrogen-bond acceptors (Lipinski definition) is 7. The molecule has 10 heteroatoms. The molecule has 1 aliphatic heterocycles. The molecule has 0 saturated carbocycles. The number of hydrazone groups is 1. The van der Waals surface area contributed by atoms with Gasteiger partial charge in [0.15, 0.2) is 11.5 Å². The summed E-state index contributed by atoms with van der Waals surface area (Å²) >= 11 is 3.44. The Labute approximate surface area is 249 Å². The van der Waals surface area contributed by atoms with E-state index in [4.69, 9.17) is 14.2 Å². The second kappa shape index (κ2) is 11.4. The number of fused-ring (bicyclic) bond motifs is 2. The number of aromatic amines is 1. The summed E-state index contributed by atoms with van der Waals surface area (Å²) in [5, 5.41) is 5.12. The van der Waals surface area contributed by atoms with E-state index in [-0.39, 0.29) is 12.5 Å². The number of aromatic nitrogens is 1. The van der Waals surface area contributed by atoms with Crippen LogP contribution in [0.1, 0.15) is 26.4 Å². The summed E-state index contributed by atoms with van der Waals surface area (Å²) in [4.78, 5) is 31.6. The number of nitrogens with one attached hydrogen (secondary N) is 2. The van der Waals surface area contributed by atoms with Crippen molar-refractivity contribution >= 4 is 50.6 Å². The van der Waals surface area contributed by atoms with E-state index in [1.54, 1.807) is 36.4 Å². The fourth-order valence-electron chi connectivity index (χ4n) is 4.64. The first-order chi connectivity index (χ1) is 20.4. The molecule has 0 unspecified atom stereocenters. The van der Waals surface area contributed by atoms with E-state index < -0.39 is 11.9 Å². The van der Waals surface area contributed by atoms with E-state index in [2.05, 4.69) is 37.5 Å². The molecular formula is C32H25BrN4O5. The van der Waals surface area contributed by atoms with Crippen LogP contribution in [0.5, 0.6) is 17.2 Å². The van der Waals surface area contributed by atoms with Gasteiger partial charge in [0.2, 0.25) is 6.79 Å². The van der Waals surface area contributed by atoms with E-state index in [0.717, 1.165) is 32.2 Å². The lowest BCUT2D eigenvalue weighted by atomic mass is 10.0. The van der Waals surface area contributed by atoms with E-state index >= 15 is 0 Å². The Morgan fingerprint density at radius 2 is 1.79 bits per heavy atom. The third kappa shape index (κ3) is 5.44. The molecule has 210 valence electrons. The highest BCUT2D eigenvalue weighted by Crippen LogP contribution is 2.35. The molecule has 9 nitrogen and oxygen atoms in total. The molecule has 2 heterocycles. The molecule has 6 rings (SSSR count). The van der Waals surface area contributed by atoms with Crippen LogP contribution in [0.25, 0.3) is 22.0 Å². The molecular weight excluding hydrogens is 600 g/mol. The van der Waals surface area contributed by atoms with Gasteiger partial charge in [0, 0.05) is 46.3 Å². The van der Waals surface area contributed by atoms with Crippen molar-refractivity contribution in [2.45, 2.75) is 0 Å². The van der Waals surface area contributed by atoms with Gasteiger partial charge in [0.05, 0.1) is 11.8 Å². The summed E-state index contributed by atoms with van der Waals surface area (Å²) in [6.07, 6.45) is 1.43. The number of hydrogen-bond donors (Lipinski definition) is 2. The molecule has 0 bridgehead atoms. The SMILES string of the molecule is CN(C)c1ccc2[nH]c(C(=O)NN=Cc3cc(Br)ccc3OC(=O)c3ccc4c(c3)OCO4)c(-c3ccccc3)c2c1. The van der Waals surface area contributed by atoms with Gasteiger partial charge in [-0.3, -0.25) is 4.79 Å². The lowest BCUT2D eigenvalue weighted by Gasteiger charge is -2.12. The lowest BCUT2D eigenvalue weighted by Crippen LogP contribution is -2.19. The first-order valence-corrected chi connectivity index (χ1v) is 13.8. The zero-order chi connectivity index (χ0) is 29.2. The molecule has 0 fully saturated rings. The third-order valence-corrected chi connectivity index (χ3v) is 7.23. The summed E-state index contributed by atoms with van der Waals surface area (Å²) in [5.74, 6) is 0.334. The fraction of sp³-hybridized carbons (Fsp3) is 0.0938. The van der Waals surface area contributed by atoms with Crippen LogP contribution in [-0.4, -0.2) is 44.0 Å². The lowest BCUT2D eigenvalue weighted by molar-refractivity contribution is 0.0733. The highest BCUT2D eigenvalue weighted by Gasteiger charge is 2.21. The number of H-pyrrole nitrogens is 1. The zero-order valence-electron chi connectivity index (χ0n) is 22.7. The summed E-state index contributed by atoms with van der Waals surface area (Å²) in [5.41, 5.74) is 7.32. The van der Waals surface area contributed by atoms with Gasteiger partial charge in [-0.25, -0.2) is 10.2 Å². The third-order valence-electron chi connectivity index (χ3n) is 6.74. The molecule has 5 aromatic rings. The minimum Gasteiger partial charge on any atom is -0.454 e. The predicted molar refractivity (Wildman–Crippen MR) is 165 cm³/mol. The number of carbonyl (C=O) groups excluding carboxylic acids is 2. The van der Waals surface area contributed by atoms with Gasteiger partial charge in [-0.2, -0.15) is 5.10 Å². The van der Waals surface area contributed by atoms with E-state index in [0.29, 0.717) is 28.3 Å². The summed E-state index contributed by atoms with van der Waals surface area (Å²) in [6.45, 7) is 0.107. The van der Waals surface area contributed by atoms with Crippen LogP contribution in [0.2, 0.25) is 0 Å². The van der Waals surface area contributed by atoms with E-state index in [1.807, 2.05) is 61.5 Å². The van der Waals surface area contributed by atoms with Crippen molar-refractivity contribution < 1.29 is 23.8 Å². The first-order valence-electron chi connectivity index (χ1n) is 13.0. The van der Waals surface area contributed by atoms with E-state index in [9.17, 15) is 9.59 Å². The van der Waals surface area contributed by atoms with Crippen LogP contribution < -0.4 is 24.5 Å². The fourth-order valence-corrected chi connectivity index (χ4v) is 5.02. The minimum absolute atomic E-state index is 0.107. The zero-order valence-corrected chi connectivity index (χ0v) is 24.3. The molecule has 1 aliphatic rings. The van der Waals surface area contributed by atoms with Crippen molar-refractivity contribution in [3.05, 3.63) is 106 Å². The highest BCUT2D eigenvalue weighted by atomic mass is 79.9. The number of rotatable bonds is 7.